The third-order valence-electron chi connectivity index (χ3n) is 5.69. The third kappa shape index (κ3) is 3.79. The van der Waals surface area contributed by atoms with E-state index in [9.17, 15) is 18.0 Å². The molecule has 2 aromatic carbocycles. The van der Waals surface area contributed by atoms with E-state index in [0.717, 1.165) is 12.0 Å². The summed E-state index contributed by atoms with van der Waals surface area (Å²) in [7, 11) is -3.75. The quantitative estimate of drug-likeness (QED) is 0.808. The molecule has 1 N–H and O–H groups in total. The van der Waals surface area contributed by atoms with E-state index in [0.29, 0.717) is 30.1 Å². The molecule has 158 valence electrons. The summed E-state index contributed by atoms with van der Waals surface area (Å²) < 4.78 is 31.8. The van der Waals surface area contributed by atoms with E-state index in [1.807, 2.05) is 18.2 Å². The first-order chi connectivity index (χ1) is 14.3. The number of benzene rings is 2. The van der Waals surface area contributed by atoms with Crippen molar-refractivity contribution in [3.8, 4) is 5.75 Å². The summed E-state index contributed by atoms with van der Waals surface area (Å²) in [5.41, 5.74) is 3.31. The zero-order chi connectivity index (χ0) is 21.5. The minimum Gasteiger partial charge on any atom is -0.482 e. The molecule has 0 saturated heterocycles. The first kappa shape index (κ1) is 20.4. The lowest BCUT2D eigenvalue weighted by atomic mass is 10.00. The van der Waals surface area contributed by atoms with Gasteiger partial charge in [0.05, 0.1) is 15.8 Å². The van der Waals surface area contributed by atoms with Gasteiger partial charge in [-0.3, -0.25) is 9.59 Å². The molecule has 2 heterocycles. The summed E-state index contributed by atoms with van der Waals surface area (Å²) in [5.74, 6) is -0.121. The molecule has 2 aliphatic heterocycles. The Morgan fingerprint density at radius 1 is 1.23 bits per heavy atom. The van der Waals surface area contributed by atoms with Crippen LogP contribution >= 0.6 is 0 Å². The maximum atomic E-state index is 13.2. The number of sulfone groups is 1. The summed E-state index contributed by atoms with van der Waals surface area (Å²) in [6, 6.07) is 11.0. The fraction of sp³-hybridized carbons (Fsp3) is 0.364. The van der Waals surface area contributed by atoms with Gasteiger partial charge < -0.3 is 15.0 Å². The van der Waals surface area contributed by atoms with Crippen LogP contribution in [0.2, 0.25) is 0 Å². The van der Waals surface area contributed by atoms with Gasteiger partial charge in [0.15, 0.2) is 16.4 Å². The number of amides is 2. The number of fused-ring (bicyclic) bond motifs is 2. The van der Waals surface area contributed by atoms with Gasteiger partial charge in [0.1, 0.15) is 5.75 Å². The molecule has 0 aromatic heterocycles. The molecule has 0 bridgehead atoms. The molecule has 2 aromatic rings. The molecule has 7 nitrogen and oxygen atoms in total. The van der Waals surface area contributed by atoms with E-state index < -0.39 is 15.1 Å². The Kier molecular flexibility index (Phi) is 5.27. The second kappa shape index (κ2) is 7.75. The van der Waals surface area contributed by atoms with Crippen LogP contribution in [0.1, 0.15) is 30.0 Å². The van der Waals surface area contributed by atoms with Gasteiger partial charge in [0.2, 0.25) is 5.91 Å². The van der Waals surface area contributed by atoms with E-state index in [-0.39, 0.29) is 29.7 Å². The molecule has 0 fully saturated rings. The number of aryl methyl sites for hydroxylation is 1. The van der Waals surface area contributed by atoms with Gasteiger partial charge in [0.25, 0.3) is 5.91 Å². The van der Waals surface area contributed by atoms with Gasteiger partial charge in [-0.05, 0) is 43.0 Å². The maximum Gasteiger partial charge on any atom is 0.262 e. The van der Waals surface area contributed by atoms with Crippen molar-refractivity contribution < 1.29 is 22.7 Å². The van der Waals surface area contributed by atoms with E-state index in [1.165, 1.54) is 11.6 Å². The number of ether oxygens (including phenoxy) is 1. The number of nitrogens with zero attached hydrogens (tertiary/aromatic N) is 1. The Labute approximate surface area is 175 Å². The lowest BCUT2D eigenvalue weighted by Crippen LogP contribution is -2.38. The number of nitrogens with one attached hydrogen (secondary N) is 1. The summed E-state index contributed by atoms with van der Waals surface area (Å²) in [5, 5.41) is 1.79. The van der Waals surface area contributed by atoms with Gasteiger partial charge >= 0.3 is 0 Å². The summed E-state index contributed by atoms with van der Waals surface area (Å²) in [4.78, 5) is 26.2. The average Bonchev–Trinajstić information content (AvgIpc) is 2.72. The van der Waals surface area contributed by atoms with Crippen molar-refractivity contribution in [2.45, 2.75) is 43.4 Å². The van der Waals surface area contributed by atoms with Crippen molar-refractivity contribution in [1.29, 1.82) is 0 Å². The van der Waals surface area contributed by atoms with Gasteiger partial charge in [-0.2, -0.15) is 0 Å². The van der Waals surface area contributed by atoms with Crippen LogP contribution in [0.4, 0.5) is 5.69 Å². The van der Waals surface area contributed by atoms with E-state index in [2.05, 4.69) is 11.4 Å². The molecule has 0 spiro atoms. The van der Waals surface area contributed by atoms with Crippen LogP contribution in [-0.4, -0.2) is 43.5 Å². The van der Waals surface area contributed by atoms with Crippen LogP contribution in [0.3, 0.4) is 0 Å². The first-order valence-electron chi connectivity index (χ1n) is 9.91. The van der Waals surface area contributed by atoms with Crippen LogP contribution in [-0.2, 0) is 32.4 Å². The lowest BCUT2D eigenvalue weighted by Gasteiger charge is -2.30. The Morgan fingerprint density at radius 2 is 1.97 bits per heavy atom. The summed E-state index contributed by atoms with van der Waals surface area (Å²) in [6.45, 7) is 4.18. The van der Waals surface area contributed by atoms with Crippen molar-refractivity contribution in [1.82, 2.24) is 4.90 Å². The fourth-order valence-corrected chi connectivity index (χ4v) is 5.51. The Morgan fingerprint density at radius 3 is 2.73 bits per heavy atom. The molecule has 1 unspecified atom stereocenters. The minimum absolute atomic E-state index is 0.0847. The number of hydrogen-bond donors (Lipinski definition) is 1. The van der Waals surface area contributed by atoms with Crippen LogP contribution in [0.25, 0.3) is 0 Å². The second-order valence-corrected chi connectivity index (χ2v) is 10.2. The van der Waals surface area contributed by atoms with Gasteiger partial charge in [0, 0.05) is 25.6 Å². The maximum absolute atomic E-state index is 13.2. The predicted molar refractivity (Wildman–Crippen MR) is 112 cm³/mol. The second-order valence-electron chi connectivity index (χ2n) is 7.84. The normalized spacial score (nSPS) is 16.7. The first-order valence-corrected chi connectivity index (χ1v) is 11.5. The number of hydrogen-bond acceptors (Lipinski definition) is 5. The Hall–Kier alpha value is -2.87. The van der Waals surface area contributed by atoms with Crippen molar-refractivity contribution in [3.63, 3.8) is 0 Å². The molecule has 0 aliphatic carbocycles. The van der Waals surface area contributed by atoms with Crippen molar-refractivity contribution >= 4 is 27.3 Å². The molecule has 8 heteroatoms. The zero-order valence-electron chi connectivity index (χ0n) is 17.0. The monoisotopic (exact) mass is 428 g/mol. The standard InChI is InChI=1S/C22H24N2O5S/c1-14-9-18-19(29-13-21(25)23-18)11-20(14)30(27,28)15(2)10-22(26)24-8-7-16-5-3-4-6-17(16)12-24/h3-6,9,11,15H,7-8,10,12-13H2,1-2H3,(H,23,25). The highest BCUT2D eigenvalue weighted by Gasteiger charge is 2.31. The van der Waals surface area contributed by atoms with Crippen LogP contribution in [0, 0.1) is 6.92 Å². The largest absolute Gasteiger partial charge is 0.482 e. The van der Waals surface area contributed by atoms with Gasteiger partial charge in [-0.25, -0.2) is 8.42 Å². The molecule has 4 rings (SSSR count). The molecular weight excluding hydrogens is 404 g/mol. The average molecular weight is 429 g/mol. The van der Waals surface area contributed by atoms with Crippen LogP contribution in [0.15, 0.2) is 41.3 Å². The highest BCUT2D eigenvalue weighted by molar-refractivity contribution is 7.92. The number of anilines is 1. The highest BCUT2D eigenvalue weighted by atomic mass is 32.2. The van der Waals surface area contributed by atoms with E-state index in [4.69, 9.17) is 4.74 Å². The fourth-order valence-electron chi connectivity index (χ4n) is 3.93. The number of carbonyl (C=O) groups is 2. The molecule has 2 aliphatic rings. The molecule has 30 heavy (non-hydrogen) atoms. The van der Waals surface area contributed by atoms with E-state index >= 15 is 0 Å². The van der Waals surface area contributed by atoms with Crippen LogP contribution < -0.4 is 10.1 Å². The molecule has 0 radical (unpaired) electrons. The van der Waals surface area contributed by atoms with E-state index in [1.54, 1.807) is 24.8 Å². The van der Waals surface area contributed by atoms with Crippen molar-refractivity contribution in [2.75, 3.05) is 18.5 Å². The van der Waals surface area contributed by atoms with Crippen molar-refractivity contribution in [3.05, 3.63) is 53.1 Å². The highest BCUT2D eigenvalue weighted by Crippen LogP contribution is 2.34. The van der Waals surface area contributed by atoms with Gasteiger partial charge in [-0.15, -0.1) is 0 Å². The van der Waals surface area contributed by atoms with Gasteiger partial charge in [-0.1, -0.05) is 24.3 Å². The molecule has 0 saturated carbocycles. The SMILES string of the molecule is Cc1cc2c(cc1S(=O)(=O)C(C)CC(=O)N1CCc3ccccc3C1)OCC(=O)N2. The number of rotatable bonds is 4. The van der Waals surface area contributed by atoms with Crippen molar-refractivity contribution in [2.24, 2.45) is 0 Å². The third-order valence-corrected chi connectivity index (χ3v) is 7.97. The Balaban J connectivity index is 1.51. The molecular formula is C22H24N2O5S. The number of carbonyl (C=O) groups excluding carboxylic acids is 2. The predicted octanol–water partition coefficient (Wildman–Crippen LogP) is 2.46. The Bertz CT molecular complexity index is 1130. The summed E-state index contributed by atoms with van der Waals surface area (Å²) in [6.07, 6.45) is 0.689. The zero-order valence-corrected chi connectivity index (χ0v) is 17.8. The summed E-state index contributed by atoms with van der Waals surface area (Å²) >= 11 is 0. The smallest absolute Gasteiger partial charge is 0.262 e. The topological polar surface area (TPSA) is 92.8 Å². The minimum atomic E-state index is -3.75. The molecule has 1 atom stereocenters. The van der Waals surface area contributed by atoms with Crippen LogP contribution in [0.5, 0.6) is 5.75 Å². The molecule has 2 amide bonds. The lowest BCUT2D eigenvalue weighted by molar-refractivity contribution is -0.132.